The molecule has 4 rings (SSSR count). The summed E-state index contributed by atoms with van der Waals surface area (Å²) >= 11 is 0. The first kappa shape index (κ1) is 17.5. The Kier molecular flexibility index (Phi) is 4.52. The van der Waals surface area contributed by atoms with Crippen LogP contribution in [0.2, 0.25) is 0 Å². The number of nitrogens with one attached hydrogen (secondary N) is 1. The monoisotopic (exact) mass is 366 g/mol. The fourth-order valence-corrected chi connectivity index (χ4v) is 3.84. The molecule has 1 N–H and O–H groups in total. The molecule has 0 radical (unpaired) electrons. The lowest BCUT2D eigenvalue weighted by atomic mass is 9.86. The van der Waals surface area contributed by atoms with Crippen LogP contribution in [-0.4, -0.2) is 10.9 Å². The molecule has 3 nitrogen and oxygen atoms in total. The van der Waals surface area contributed by atoms with Crippen molar-refractivity contribution in [2.24, 2.45) is 0 Å². The van der Waals surface area contributed by atoms with Crippen LogP contribution in [0.1, 0.15) is 43.4 Å². The van der Waals surface area contributed by atoms with Gasteiger partial charge in [-0.3, -0.25) is 10.2 Å². The van der Waals surface area contributed by atoms with Crippen molar-refractivity contribution in [2.45, 2.75) is 32.2 Å². The third-order valence-electron chi connectivity index (χ3n) is 5.09. The van der Waals surface area contributed by atoms with Gasteiger partial charge in [0.25, 0.3) is 0 Å². The molecule has 0 unspecified atom stereocenters. The number of hydrazine groups is 1. The van der Waals surface area contributed by atoms with Gasteiger partial charge in [-0.05, 0) is 71.9 Å². The highest BCUT2D eigenvalue weighted by Crippen LogP contribution is 2.43. The van der Waals surface area contributed by atoms with Gasteiger partial charge < -0.3 is 0 Å². The van der Waals surface area contributed by atoms with E-state index in [1.54, 1.807) is 29.3 Å². The van der Waals surface area contributed by atoms with Gasteiger partial charge in [0, 0.05) is 6.92 Å². The number of allylic oxidation sites excluding steroid dienone is 1. The topological polar surface area (TPSA) is 32.3 Å². The lowest BCUT2D eigenvalue weighted by Crippen LogP contribution is -2.38. The van der Waals surface area contributed by atoms with Crippen molar-refractivity contribution in [3.8, 4) is 0 Å². The maximum atomic E-state index is 13.4. The van der Waals surface area contributed by atoms with Gasteiger partial charge in [0.05, 0.1) is 5.70 Å². The summed E-state index contributed by atoms with van der Waals surface area (Å²) in [4.78, 5) is 12.2. The number of hydrogen-bond acceptors (Lipinski definition) is 2. The highest BCUT2D eigenvalue weighted by molar-refractivity contribution is 5.76. The van der Waals surface area contributed by atoms with Crippen LogP contribution in [0, 0.1) is 11.6 Å². The van der Waals surface area contributed by atoms with Crippen LogP contribution in [0.15, 0.2) is 65.4 Å². The first-order valence-corrected chi connectivity index (χ1v) is 9.04. The molecule has 0 aromatic heterocycles. The number of carbonyl (C=O) groups excluding carboxylic acids is 1. The molecule has 1 amide bonds. The summed E-state index contributed by atoms with van der Waals surface area (Å²) in [6, 6.07) is 12.4. The highest BCUT2D eigenvalue weighted by atomic mass is 19.1. The van der Waals surface area contributed by atoms with Crippen molar-refractivity contribution in [3.05, 3.63) is 88.1 Å². The van der Waals surface area contributed by atoms with Crippen molar-refractivity contribution >= 4 is 12.0 Å². The SMILES string of the molecule is CC(=O)N1NC2=C(CCC/C2=C\c2ccc(F)cc2)[C@@H]1c1ccc(F)cc1. The second-order valence-electron chi connectivity index (χ2n) is 6.93. The van der Waals surface area contributed by atoms with Gasteiger partial charge in [-0.15, -0.1) is 0 Å². The minimum atomic E-state index is -0.297. The van der Waals surface area contributed by atoms with E-state index in [1.807, 2.05) is 6.08 Å². The Morgan fingerprint density at radius 2 is 1.67 bits per heavy atom. The maximum absolute atomic E-state index is 13.4. The van der Waals surface area contributed by atoms with Crippen molar-refractivity contribution in [3.63, 3.8) is 0 Å². The molecule has 1 aliphatic heterocycles. The molecule has 1 atom stereocenters. The summed E-state index contributed by atoms with van der Waals surface area (Å²) in [7, 11) is 0. The quantitative estimate of drug-likeness (QED) is 0.820. The van der Waals surface area contributed by atoms with Gasteiger partial charge in [0.1, 0.15) is 17.7 Å². The third-order valence-corrected chi connectivity index (χ3v) is 5.09. The second-order valence-corrected chi connectivity index (χ2v) is 6.93. The molecule has 1 aliphatic carbocycles. The fourth-order valence-electron chi connectivity index (χ4n) is 3.84. The van der Waals surface area contributed by atoms with Crippen LogP contribution in [0.25, 0.3) is 6.08 Å². The molecule has 138 valence electrons. The number of amides is 1. The smallest absolute Gasteiger partial charge is 0.238 e. The number of hydrogen-bond donors (Lipinski definition) is 1. The molecule has 2 aromatic rings. The summed E-state index contributed by atoms with van der Waals surface area (Å²) in [5.74, 6) is -0.660. The number of benzene rings is 2. The molecule has 5 heteroatoms. The van der Waals surface area contributed by atoms with Gasteiger partial charge in [-0.1, -0.05) is 24.3 Å². The number of carbonyl (C=O) groups is 1. The standard InChI is InChI=1S/C22H20F2N2O/c1-14(27)26-22(16-7-11-19(24)12-8-16)20-4-2-3-17(21(20)25-26)13-15-5-9-18(23)10-6-15/h5-13,22,25H,2-4H2,1H3/b17-13+/t22-/m0/s1. The largest absolute Gasteiger partial charge is 0.295 e. The van der Waals surface area contributed by atoms with E-state index in [4.69, 9.17) is 0 Å². The summed E-state index contributed by atoms with van der Waals surface area (Å²) in [6.45, 7) is 1.52. The molecular weight excluding hydrogens is 346 g/mol. The first-order chi connectivity index (χ1) is 13.0. The van der Waals surface area contributed by atoms with Gasteiger partial charge in [-0.25, -0.2) is 13.8 Å². The Labute approximate surface area is 157 Å². The van der Waals surface area contributed by atoms with Crippen molar-refractivity contribution in [2.75, 3.05) is 0 Å². The molecule has 27 heavy (non-hydrogen) atoms. The Balaban J connectivity index is 1.76. The Morgan fingerprint density at radius 1 is 1.04 bits per heavy atom. The molecule has 2 aliphatic rings. The lowest BCUT2D eigenvalue weighted by molar-refractivity contribution is -0.132. The Morgan fingerprint density at radius 3 is 2.30 bits per heavy atom. The van der Waals surface area contributed by atoms with Gasteiger partial charge >= 0.3 is 0 Å². The van der Waals surface area contributed by atoms with Crippen LogP contribution >= 0.6 is 0 Å². The molecule has 1 heterocycles. The van der Waals surface area contributed by atoms with Crippen LogP contribution in [0.5, 0.6) is 0 Å². The number of nitrogens with zero attached hydrogens (tertiary/aromatic N) is 1. The minimum Gasteiger partial charge on any atom is -0.295 e. The van der Waals surface area contributed by atoms with Crippen LogP contribution in [0.3, 0.4) is 0 Å². The number of rotatable bonds is 2. The Bertz CT molecular complexity index is 930. The van der Waals surface area contributed by atoms with Crippen molar-refractivity contribution in [1.29, 1.82) is 0 Å². The molecule has 0 saturated carbocycles. The van der Waals surface area contributed by atoms with E-state index in [-0.39, 0.29) is 23.6 Å². The fraction of sp³-hybridized carbons (Fsp3) is 0.227. The zero-order valence-corrected chi connectivity index (χ0v) is 15.0. The maximum Gasteiger partial charge on any atom is 0.238 e. The summed E-state index contributed by atoms with van der Waals surface area (Å²) in [5.41, 5.74) is 8.25. The second kappa shape index (κ2) is 6.99. The lowest BCUT2D eigenvalue weighted by Gasteiger charge is -2.25. The van der Waals surface area contributed by atoms with E-state index in [0.717, 1.165) is 47.2 Å². The summed E-state index contributed by atoms with van der Waals surface area (Å²) in [5, 5.41) is 1.61. The molecule has 0 spiro atoms. The Hall–Kier alpha value is -2.95. The van der Waals surface area contributed by atoms with Crippen LogP contribution in [-0.2, 0) is 4.79 Å². The van der Waals surface area contributed by atoms with E-state index in [2.05, 4.69) is 5.43 Å². The molecule has 0 fully saturated rings. The molecule has 2 aromatic carbocycles. The van der Waals surface area contributed by atoms with Gasteiger partial charge in [0.2, 0.25) is 5.91 Å². The van der Waals surface area contributed by atoms with E-state index in [1.165, 1.54) is 31.2 Å². The van der Waals surface area contributed by atoms with Crippen molar-refractivity contribution < 1.29 is 13.6 Å². The zero-order chi connectivity index (χ0) is 19.0. The molecule has 0 bridgehead atoms. The number of halogens is 2. The van der Waals surface area contributed by atoms with Crippen LogP contribution in [0.4, 0.5) is 8.78 Å². The van der Waals surface area contributed by atoms with Crippen molar-refractivity contribution in [1.82, 2.24) is 10.4 Å². The molecule has 0 saturated heterocycles. The minimum absolute atomic E-state index is 0.0974. The van der Waals surface area contributed by atoms with Crippen LogP contribution < -0.4 is 5.43 Å². The van der Waals surface area contributed by atoms with E-state index < -0.39 is 0 Å². The average Bonchev–Trinajstić information content (AvgIpc) is 3.05. The predicted octanol–water partition coefficient (Wildman–Crippen LogP) is 4.89. The highest BCUT2D eigenvalue weighted by Gasteiger charge is 2.37. The van der Waals surface area contributed by atoms with E-state index in [0.29, 0.717) is 0 Å². The summed E-state index contributed by atoms with van der Waals surface area (Å²) < 4.78 is 26.5. The predicted molar refractivity (Wildman–Crippen MR) is 100 cm³/mol. The summed E-state index contributed by atoms with van der Waals surface area (Å²) in [6.07, 6.45) is 4.75. The van der Waals surface area contributed by atoms with E-state index >= 15 is 0 Å². The molecular formula is C22H20F2N2O. The first-order valence-electron chi connectivity index (χ1n) is 9.04. The third kappa shape index (κ3) is 3.37. The average molecular weight is 366 g/mol. The normalized spacial score (nSPS) is 20.6. The van der Waals surface area contributed by atoms with Gasteiger partial charge in [0.15, 0.2) is 0 Å². The van der Waals surface area contributed by atoms with E-state index in [9.17, 15) is 13.6 Å². The van der Waals surface area contributed by atoms with Gasteiger partial charge in [-0.2, -0.15) is 0 Å². The zero-order valence-electron chi connectivity index (χ0n) is 15.0.